The number of amides is 1. The molecule has 3 aromatic carbocycles. The van der Waals surface area contributed by atoms with Crippen LogP contribution in [0, 0.1) is 0 Å². The van der Waals surface area contributed by atoms with Gasteiger partial charge in [0.15, 0.2) is 0 Å². The van der Waals surface area contributed by atoms with Crippen molar-refractivity contribution < 1.29 is 14.3 Å². The molecule has 1 amide bonds. The quantitative estimate of drug-likeness (QED) is 0.565. The molecule has 0 aliphatic carbocycles. The summed E-state index contributed by atoms with van der Waals surface area (Å²) in [7, 11) is 3.39. The van der Waals surface area contributed by atoms with E-state index in [2.05, 4.69) is 41.3 Å². The average molecular weight is 431 g/mol. The lowest BCUT2D eigenvalue weighted by Crippen LogP contribution is -2.49. The fourth-order valence-corrected chi connectivity index (χ4v) is 4.60. The summed E-state index contributed by atoms with van der Waals surface area (Å²) in [6.45, 7) is 4.71. The molecule has 0 N–H and O–H groups in total. The Morgan fingerprint density at radius 1 is 0.844 bits per heavy atom. The molecule has 0 unspecified atom stereocenters. The van der Waals surface area contributed by atoms with Gasteiger partial charge in [0.1, 0.15) is 11.5 Å². The van der Waals surface area contributed by atoms with Crippen LogP contribution in [-0.4, -0.2) is 49.6 Å². The van der Waals surface area contributed by atoms with Gasteiger partial charge in [-0.15, -0.1) is 0 Å². The number of carbonyl (C=O) groups is 1. The topological polar surface area (TPSA) is 42.0 Å². The molecule has 0 bridgehead atoms. The monoisotopic (exact) mass is 430 g/mol. The van der Waals surface area contributed by atoms with Crippen molar-refractivity contribution in [2.75, 3.05) is 33.9 Å². The Balaban J connectivity index is 1.63. The van der Waals surface area contributed by atoms with Crippen molar-refractivity contribution in [2.45, 2.75) is 19.5 Å². The minimum atomic E-state index is -0.0455. The van der Waals surface area contributed by atoms with E-state index < -0.39 is 0 Å². The summed E-state index contributed by atoms with van der Waals surface area (Å²) in [6.07, 6.45) is 0. The first-order chi connectivity index (χ1) is 15.6. The fraction of sp³-hybridized carbons (Fsp3) is 0.296. The summed E-state index contributed by atoms with van der Waals surface area (Å²) >= 11 is 0. The molecule has 3 aromatic rings. The molecule has 166 valence electrons. The number of hydrogen-bond acceptors (Lipinski definition) is 4. The van der Waals surface area contributed by atoms with Gasteiger partial charge in [-0.3, -0.25) is 9.69 Å². The van der Waals surface area contributed by atoms with Crippen molar-refractivity contribution in [3.05, 3.63) is 83.9 Å². The minimum absolute atomic E-state index is 0.0455. The number of benzene rings is 3. The van der Waals surface area contributed by atoms with Gasteiger partial charge in [0, 0.05) is 44.2 Å². The van der Waals surface area contributed by atoms with E-state index in [1.54, 1.807) is 21.1 Å². The van der Waals surface area contributed by atoms with Crippen LogP contribution in [0.4, 0.5) is 0 Å². The first-order valence-electron chi connectivity index (χ1n) is 11.0. The Morgan fingerprint density at radius 3 is 2.19 bits per heavy atom. The van der Waals surface area contributed by atoms with Gasteiger partial charge in [-0.1, -0.05) is 60.7 Å². The van der Waals surface area contributed by atoms with Crippen molar-refractivity contribution in [3.63, 3.8) is 0 Å². The van der Waals surface area contributed by atoms with Crippen LogP contribution in [0.1, 0.15) is 24.1 Å². The molecule has 1 fully saturated rings. The fourth-order valence-electron chi connectivity index (χ4n) is 4.60. The lowest BCUT2D eigenvalue weighted by Gasteiger charge is -2.42. The molecule has 1 aliphatic rings. The Labute approximate surface area is 190 Å². The van der Waals surface area contributed by atoms with Crippen LogP contribution in [0.5, 0.6) is 11.5 Å². The van der Waals surface area contributed by atoms with Gasteiger partial charge < -0.3 is 14.4 Å². The summed E-state index contributed by atoms with van der Waals surface area (Å²) in [6, 6.07) is 24.5. The summed E-state index contributed by atoms with van der Waals surface area (Å²) < 4.78 is 11.2. The van der Waals surface area contributed by atoms with Crippen LogP contribution in [0.15, 0.2) is 72.8 Å². The maximum atomic E-state index is 12.4. The molecule has 4 rings (SSSR count). The number of hydrogen-bond donors (Lipinski definition) is 0. The number of piperazine rings is 1. The standard InChI is InChI=1S/C27H30N2O3/c1-20(30)29-17-16-28(19-25(29)24-13-7-9-15-27(24)32-3)18-21-10-4-5-11-22(21)23-12-6-8-14-26(23)31-2/h4-15,25H,16-19H2,1-3H3/t25-/m0/s1. The predicted molar refractivity (Wildman–Crippen MR) is 127 cm³/mol. The molecule has 1 heterocycles. The van der Waals surface area contributed by atoms with Crippen LogP contribution in [0.25, 0.3) is 11.1 Å². The number of para-hydroxylation sites is 2. The van der Waals surface area contributed by atoms with Gasteiger partial charge in [0.05, 0.1) is 20.3 Å². The molecule has 1 atom stereocenters. The van der Waals surface area contributed by atoms with E-state index in [0.29, 0.717) is 6.54 Å². The smallest absolute Gasteiger partial charge is 0.220 e. The lowest BCUT2D eigenvalue weighted by molar-refractivity contribution is -0.134. The summed E-state index contributed by atoms with van der Waals surface area (Å²) in [5.74, 6) is 1.78. The van der Waals surface area contributed by atoms with E-state index in [1.165, 1.54) is 11.1 Å². The first kappa shape index (κ1) is 21.9. The van der Waals surface area contributed by atoms with Crippen molar-refractivity contribution in [3.8, 4) is 22.6 Å². The third-order valence-electron chi connectivity index (χ3n) is 6.18. The molecule has 5 nitrogen and oxygen atoms in total. The van der Waals surface area contributed by atoms with Crippen LogP contribution < -0.4 is 9.47 Å². The predicted octanol–water partition coefficient (Wildman–Crippen LogP) is 4.78. The molecule has 5 heteroatoms. The van der Waals surface area contributed by atoms with Crippen LogP contribution >= 0.6 is 0 Å². The normalized spacial score (nSPS) is 16.6. The van der Waals surface area contributed by atoms with Gasteiger partial charge in [-0.2, -0.15) is 0 Å². The maximum absolute atomic E-state index is 12.4. The van der Waals surface area contributed by atoms with Gasteiger partial charge in [-0.25, -0.2) is 0 Å². The van der Waals surface area contributed by atoms with Gasteiger partial charge in [-0.05, 0) is 23.3 Å². The Bertz CT molecular complexity index is 1080. The largest absolute Gasteiger partial charge is 0.496 e. The van der Waals surface area contributed by atoms with E-state index >= 15 is 0 Å². The highest BCUT2D eigenvalue weighted by molar-refractivity contribution is 5.74. The molecule has 1 aliphatic heterocycles. The van der Waals surface area contributed by atoms with Crippen molar-refractivity contribution in [1.82, 2.24) is 9.80 Å². The Morgan fingerprint density at radius 2 is 1.47 bits per heavy atom. The van der Waals surface area contributed by atoms with Crippen molar-refractivity contribution in [1.29, 1.82) is 0 Å². The maximum Gasteiger partial charge on any atom is 0.220 e. The number of rotatable bonds is 6. The Hall–Kier alpha value is -3.31. The summed E-state index contributed by atoms with van der Waals surface area (Å²) in [5, 5.41) is 0. The van der Waals surface area contributed by atoms with E-state index in [4.69, 9.17) is 9.47 Å². The average Bonchev–Trinajstić information content (AvgIpc) is 2.84. The molecule has 0 radical (unpaired) electrons. The third-order valence-corrected chi connectivity index (χ3v) is 6.18. The van der Waals surface area contributed by atoms with Crippen LogP contribution in [-0.2, 0) is 11.3 Å². The summed E-state index contributed by atoms with van der Waals surface area (Å²) in [4.78, 5) is 16.8. The summed E-state index contributed by atoms with van der Waals surface area (Å²) in [5.41, 5.74) is 4.56. The van der Waals surface area contributed by atoms with Crippen molar-refractivity contribution >= 4 is 5.91 Å². The van der Waals surface area contributed by atoms with E-state index in [9.17, 15) is 4.79 Å². The van der Waals surface area contributed by atoms with E-state index in [1.807, 2.05) is 41.3 Å². The second-order valence-corrected chi connectivity index (χ2v) is 8.06. The molecular formula is C27H30N2O3. The molecule has 32 heavy (non-hydrogen) atoms. The molecule has 0 aromatic heterocycles. The SMILES string of the molecule is COc1ccccc1-c1ccccc1CN1CCN(C(C)=O)[C@H](c2ccccc2OC)C1. The molecule has 0 spiro atoms. The second kappa shape index (κ2) is 9.88. The molecule has 1 saturated heterocycles. The van der Waals surface area contributed by atoms with Gasteiger partial charge in [0.2, 0.25) is 5.91 Å². The zero-order chi connectivity index (χ0) is 22.5. The zero-order valence-corrected chi connectivity index (χ0v) is 19.0. The highest BCUT2D eigenvalue weighted by Crippen LogP contribution is 2.35. The first-order valence-corrected chi connectivity index (χ1v) is 11.0. The number of ether oxygens (including phenoxy) is 2. The minimum Gasteiger partial charge on any atom is -0.496 e. The van der Waals surface area contributed by atoms with Gasteiger partial charge in [0.25, 0.3) is 0 Å². The van der Waals surface area contributed by atoms with Crippen molar-refractivity contribution in [2.24, 2.45) is 0 Å². The van der Waals surface area contributed by atoms with Crippen LogP contribution in [0.2, 0.25) is 0 Å². The van der Waals surface area contributed by atoms with Crippen LogP contribution in [0.3, 0.4) is 0 Å². The Kier molecular flexibility index (Phi) is 6.76. The highest BCUT2D eigenvalue weighted by atomic mass is 16.5. The highest BCUT2D eigenvalue weighted by Gasteiger charge is 2.32. The van der Waals surface area contributed by atoms with E-state index in [0.717, 1.165) is 42.3 Å². The molecule has 0 saturated carbocycles. The number of nitrogens with zero attached hydrogens (tertiary/aromatic N) is 2. The van der Waals surface area contributed by atoms with E-state index in [-0.39, 0.29) is 11.9 Å². The number of methoxy groups -OCH3 is 2. The van der Waals surface area contributed by atoms with Gasteiger partial charge >= 0.3 is 0 Å². The number of carbonyl (C=O) groups excluding carboxylic acids is 1. The lowest BCUT2D eigenvalue weighted by atomic mass is 9.97. The third kappa shape index (κ3) is 4.48. The second-order valence-electron chi connectivity index (χ2n) is 8.06. The molecular weight excluding hydrogens is 400 g/mol. The zero-order valence-electron chi connectivity index (χ0n) is 19.0.